The Kier molecular flexibility index (Phi) is 5.62. The zero-order chi connectivity index (χ0) is 19.3. The molecule has 1 unspecified atom stereocenters. The van der Waals surface area contributed by atoms with Gasteiger partial charge in [0.25, 0.3) is 0 Å². The number of ether oxygens (including phenoxy) is 1. The molecular weight excluding hydrogens is 372 g/mol. The fraction of sp³-hybridized carbons (Fsp3) is 0.286. The predicted molar refractivity (Wildman–Crippen MR) is 109 cm³/mol. The van der Waals surface area contributed by atoms with E-state index in [1.807, 2.05) is 72.6 Å². The second kappa shape index (κ2) is 8.48. The highest BCUT2D eigenvalue weighted by Gasteiger charge is 2.34. The van der Waals surface area contributed by atoms with Crippen molar-refractivity contribution in [2.45, 2.75) is 25.4 Å². The highest BCUT2D eigenvalue weighted by Crippen LogP contribution is 2.38. The summed E-state index contributed by atoms with van der Waals surface area (Å²) in [5.41, 5.74) is 2.97. The van der Waals surface area contributed by atoms with Gasteiger partial charge in [-0.1, -0.05) is 53.7 Å². The van der Waals surface area contributed by atoms with E-state index in [9.17, 15) is 4.79 Å². The molecule has 1 aliphatic rings. The third-order valence-electron chi connectivity index (χ3n) is 4.58. The summed E-state index contributed by atoms with van der Waals surface area (Å²) in [4.78, 5) is 14.3. The lowest BCUT2D eigenvalue weighted by Crippen LogP contribution is -2.27. The molecule has 6 nitrogen and oxygen atoms in total. The van der Waals surface area contributed by atoms with Gasteiger partial charge in [0.15, 0.2) is 0 Å². The van der Waals surface area contributed by atoms with Gasteiger partial charge in [-0.15, -0.1) is 16.9 Å². The Labute approximate surface area is 168 Å². The summed E-state index contributed by atoms with van der Waals surface area (Å²) in [5.74, 6) is 1.46. The van der Waals surface area contributed by atoms with Crippen LogP contribution in [0.15, 0.2) is 60.8 Å². The van der Waals surface area contributed by atoms with E-state index < -0.39 is 0 Å². The van der Waals surface area contributed by atoms with Crippen LogP contribution in [-0.2, 0) is 17.9 Å². The average Bonchev–Trinajstić information content (AvgIpc) is 3.31. The maximum Gasteiger partial charge on any atom is 0.234 e. The molecule has 2 heterocycles. The number of carbonyl (C=O) groups excluding carboxylic acids is 1. The fourth-order valence-electron chi connectivity index (χ4n) is 3.26. The van der Waals surface area contributed by atoms with Crippen molar-refractivity contribution in [3.8, 4) is 5.75 Å². The molecule has 0 radical (unpaired) electrons. The minimum Gasteiger partial charge on any atom is -0.494 e. The quantitative estimate of drug-likeness (QED) is 0.614. The van der Waals surface area contributed by atoms with E-state index in [0.717, 1.165) is 22.6 Å². The number of nitrogens with zero attached hydrogens (tertiary/aromatic N) is 4. The first-order valence-corrected chi connectivity index (χ1v) is 10.3. The van der Waals surface area contributed by atoms with Gasteiger partial charge < -0.3 is 9.64 Å². The SMILES string of the molecule is CCOc1ccccc1Cn1cc(C2SCC(=O)N2Cc2ccccc2)nn1. The van der Waals surface area contributed by atoms with Crippen LogP contribution in [0.4, 0.5) is 0 Å². The van der Waals surface area contributed by atoms with Gasteiger partial charge in [-0.25, -0.2) is 4.68 Å². The van der Waals surface area contributed by atoms with Gasteiger partial charge in [0, 0.05) is 12.1 Å². The Morgan fingerprint density at radius 2 is 1.89 bits per heavy atom. The van der Waals surface area contributed by atoms with Crippen LogP contribution >= 0.6 is 11.8 Å². The number of hydrogen-bond acceptors (Lipinski definition) is 5. The van der Waals surface area contributed by atoms with Crippen LogP contribution in [0.25, 0.3) is 0 Å². The summed E-state index contributed by atoms with van der Waals surface area (Å²) in [6.45, 7) is 3.75. The lowest BCUT2D eigenvalue weighted by Gasteiger charge is -2.22. The standard InChI is InChI=1S/C21H22N4O2S/c1-2-27-19-11-7-6-10-17(19)13-24-14-18(22-23-24)21-25(20(26)15-28-21)12-16-8-4-3-5-9-16/h3-11,14,21H,2,12-13,15H2,1H3. The molecular formula is C21H22N4O2S. The Hall–Kier alpha value is -2.80. The number of para-hydroxylation sites is 1. The van der Waals surface area contributed by atoms with Crippen molar-refractivity contribution in [3.63, 3.8) is 0 Å². The van der Waals surface area contributed by atoms with Gasteiger partial charge >= 0.3 is 0 Å². The van der Waals surface area contributed by atoms with Crippen LogP contribution in [0.5, 0.6) is 5.75 Å². The van der Waals surface area contributed by atoms with Crippen LogP contribution in [0.2, 0.25) is 0 Å². The molecule has 1 atom stereocenters. The summed E-state index contributed by atoms with van der Waals surface area (Å²) in [6, 6.07) is 18.0. The topological polar surface area (TPSA) is 60.2 Å². The molecule has 1 aliphatic heterocycles. The van der Waals surface area contributed by atoms with Gasteiger partial charge in [-0.3, -0.25) is 4.79 Å². The third-order valence-corrected chi connectivity index (χ3v) is 5.80. The molecule has 0 aliphatic carbocycles. The van der Waals surface area contributed by atoms with E-state index in [-0.39, 0.29) is 11.3 Å². The summed E-state index contributed by atoms with van der Waals surface area (Å²) < 4.78 is 7.50. The lowest BCUT2D eigenvalue weighted by atomic mass is 10.2. The van der Waals surface area contributed by atoms with Crippen LogP contribution in [0.3, 0.4) is 0 Å². The second-order valence-corrected chi connectivity index (χ2v) is 7.62. The third kappa shape index (κ3) is 4.04. The average molecular weight is 395 g/mol. The number of rotatable bonds is 7. The highest BCUT2D eigenvalue weighted by atomic mass is 32.2. The Morgan fingerprint density at radius 3 is 2.71 bits per heavy atom. The van der Waals surface area contributed by atoms with Gasteiger partial charge in [0.2, 0.25) is 5.91 Å². The minimum absolute atomic E-state index is 0.108. The molecule has 28 heavy (non-hydrogen) atoms. The molecule has 1 saturated heterocycles. The molecule has 0 N–H and O–H groups in total. The largest absolute Gasteiger partial charge is 0.494 e. The van der Waals surface area contributed by atoms with Crippen molar-refractivity contribution >= 4 is 17.7 Å². The number of benzene rings is 2. The number of hydrogen-bond donors (Lipinski definition) is 0. The molecule has 0 saturated carbocycles. The van der Waals surface area contributed by atoms with Gasteiger partial charge in [-0.05, 0) is 18.6 Å². The zero-order valence-corrected chi connectivity index (χ0v) is 16.5. The van der Waals surface area contributed by atoms with E-state index in [2.05, 4.69) is 10.3 Å². The molecule has 1 aromatic heterocycles. The highest BCUT2D eigenvalue weighted by molar-refractivity contribution is 8.00. The Bertz CT molecular complexity index is 944. The van der Waals surface area contributed by atoms with Crippen molar-refractivity contribution in [2.24, 2.45) is 0 Å². The summed E-state index contributed by atoms with van der Waals surface area (Å²) in [5, 5.41) is 8.53. The smallest absolute Gasteiger partial charge is 0.234 e. The molecule has 1 fully saturated rings. The van der Waals surface area contributed by atoms with E-state index >= 15 is 0 Å². The summed E-state index contributed by atoms with van der Waals surface area (Å²) in [7, 11) is 0. The van der Waals surface area contributed by atoms with E-state index in [0.29, 0.717) is 25.4 Å². The maximum atomic E-state index is 12.4. The molecule has 0 spiro atoms. The summed E-state index contributed by atoms with van der Waals surface area (Å²) in [6.07, 6.45) is 1.93. The van der Waals surface area contributed by atoms with Crippen LogP contribution in [0, 0.1) is 0 Å². The molecule has 2 aromatic carbocycles. The van der Waals surface area contributed by atoms with Crippen LogP contribution in [-0.4, -0.2) is 38.2 Å². The van der Waals surface area contributed by atoms with Crippen molar-refractivity contribution in [1.29, 1.82) is 0 Å². The molecule has 3 aromatic rings. The monoisotopic (exact) mass is 394 g/mol. The first kappa shape index (κ1) is 18.6. The first-order valence-electron chi connectivity index (χ1n) is 9.30. The maximum absolute atomic E-state index is 12.4. The fourth-order valence-corrected chi connectivity index (χ4v) is 4.38. The van der Waals surface area contributed by atoms with E-state index in [1.165, 1.54) is 0 Å². The van der Waals surface area contributed by atoms with Gasteiger partial charge in [-0.2, -0.15) is 0 Å². The van der Waals surface area contributed by atoms with Crippen molar-refractivity contribution < 1.29 is 9.53 Å². The van der Waals surface area contributed by atoms with Crippen molar-refractivity contribution in [3.05, 3.63) is 77.6 Å². The first-order chi connectivity index (χ1) is 13.7. The minimum atomic E-state index is -0.108. The Morgan fingerprint density at radius 1 is 1.11 bits per heavy atom. The molecule has 1 amide bonds. The zero-order valence-electron chi connectivity index (χ0n) is 15.7. The molecule has 144 valence electrons. The van der Waals surface area contributed by atoms with Crippen LogP contribution < -0.4 is 4.74 Å². The van der Waals surface area contributed by atoms with Gasteiger partial charge in [0.1, 0.15) is 16.8 Å². The van der Waals surface area contributed by atoms with E-state index in [1.54, 1.807) is 16.4 Å². The molecule has 0 bridgehead atoms. The second-order valence-electron chi connectivity index (χ2n) is 6.55. The van der Waals surface area contributed by atoms with Crippen molar-refractivity contribution in [1.82, 2.24) is 19.9 Å². The summed E-state index contributed by atoms with van der Waals surface area (Å²) >= 11 is 1.60. The number of amides is 1. The number of thioether (sulfide) groups is 1. The Balaban J connectivity index is 1.51. The van der Waals surface area contributed by atoms with Crippen LogP contribution in [0.1, 0.15) is 29.1 Å². The molecule has 7 heteroatoms. The van der Waals surface area contributed by atoms with E-state index in [4.69, 9.17) is 4.74 Å². The van der Waals surface area contributed by atoms with Gasteiger partial charge in [0.05, 0.1) is 25.1 Å². The molecule has 4 rings (SSSR count). The van der Waals surface area contributed by atoms with Crippen molar-refractivity contribution in [2.75, 3.05) is 12.4 Å². The normalized spacial score (nSPS) is 16.5. The predicted octanol–water partition coefficient (Wildman–Crippen LogP) is 3.50. The number of aromatic nitrogens is 3. The number of carbonyl (C=O) groups is 1. The lowest BCUT2D eigenvalue weighted by molar-refractivity contribution is -0.128.